The maximum absolute atomic E-state index is 12.2. The molecule has 0 radical (unpaired) electrons. The molecule has 0 aliphatic heterocycles. The Kier molecular flexibility index (Phi) is 5.41. The van der Waals surface area contributed by atoms with E-state index in [9.17, 15) is 25.1 Å². The number of phenolic OH excluding ortho intramolecular Hbond substituents is 1. The summed E-state index contributed by atoms with van der Waals surface area (Å²) in [5.41, 5.74) is -0.259. The molecule has 9 heteroatoms. The monoisotopic (exact) mass is 342 g/mol. The summed E-state index contributed by atoms with van der Waals surface area (Å²) >= 11 is 0. The number of aromatic hydroxyl groups is 1. The van der Waals surface area contributed by atoms with Crippen LogP contribution in [0.25, 0.3) is 0 Å². The van der Waals surface area contributed by atoms with E-state index in [-0.39, 0.29) is 22.8 Å². The molecule has 0 saturated heterocycles. The van der Waals surface area contributed by atoms with Crippen LogP contribution in [0.5, 0.6) is 5.75 Å². The summed E-state index contributed by atoms with van der Waals surface area (Å²) in [7, 11) is 0. The average molecular weight is 342 g/mol. The fourth-order valence-corrected chi connectivity index (χ4v) is 1.81. The van der Waals surface area contributed by atoms with Crippen molar-refractivity contribution in [3.05, 3.63) is 70.1 Å². The topological polar surface area (TPSA) is 137 Å². The molecule has 2 rings (SSSR count). The second-order valence-corrected chi connectivity index (χ2v) is 4.88. The molecule has 0 unspecified atom stereocenters. The Morgan fingerprint density at radius 2 is 1.88 bits per heavy atom. The number of nitro benzene ring substituents is 1. The summed E-state index contributed by atoms with van der Waals surface area (Å²) in [4.78, 5) is 22.1. The van der Waals surface area contributed by atoms with E-state index in [0.29, 0.717) is 5.69 Å². The number of carbonyl (C=O) groups is 1. The van der Waals surface area contributed by atoms with Crippen molar-refractivity contribution >= 4 is 23.0 Å². The molecule has 9 nitrogen and oxygen atoms in total. The predicted molar refractivity (Wildman–Crippen MR) is 89.7 cm³/mol. The highest BCUT2D eigenvalue weighted by Crippen LogP contribution is 2.31. The highest BCUT2D eigenvalue weighted by atomic mass is 16.6. The number of aliphatic hydroxyl groups is 1. The van der Waals surface area contributed by atoms with Gasteiger partial charge < -0.3 is 15.5 Å². The van der Waals surface area contributed by atoms with Crippen molar-refractivity contribution in [1.82, 2.24) is 0 Å². The number of azo groups is 1. The lowest BCUT2D eigenvalue weighted by atomic mass is 10.2. The van der Waals surface area contributed by atoms with Gasteiger partial charge in [-0.2, -0.15) is 0 Å². The summed E-state index contributed by atoms with van der Waals surface area (Å²) in [6.45, 7) is 1.26. The smallest absolute Gasteiger partial charge is 0.279 e. The van der Waals surface area contributed by atoms with E-state index in [1.54, 1.807) is 30.3 Å². The van der Waals surface area contributed by atoms with Crippen LogP contribution in [0, 0.1) is 10.1 Å². The van der Waals surface area contributed by atoms with Crippen LogP contribution >= 0.6 is 0 Å². The third kappa shape index (κ3) is 4.61. The van der Waals surface area contributed by atoms with Crippen molar-refractivity contribution in [2.24, 2.45) is 10.2 Å². The molecule has 2 aromatic carbocycles. The molecule has 0 heterocycles. The van der Waals surface area contributed by atoms with E-state index < -0.39 is 16.6 Å². The number of benzene rings is 2. The van der Waals surface area contributed by atoms with Gasteiger partial charge in [-0.25, -0.2) is 0 Å². The van der Waals surface area contributed by atoms with Crippen LogP contribution in [0.1, 0.15) is 6.92 Å². The molecule has 0 aliphatic rings. The number of nitrogens with zero attached hydrogens (tertiary/aromatic N) is 3. The average Bonchev–Trinajstić information content (AvgIpc) is 2.56. The molecule has 128 valence electrons. The van der Waals surface area contributed by atoms with Crippen LogP contribution < -0.4 is 5.32 Å². The Balaban J connectivity index is 2.22. The van der Waals surface area contributed by atoms with E-state index in [0.717, 1.165) is 12.1 Å². The van der Waals surface area contributed by atoms with E-state index in [2.05, 4.69) is 15.5 Å². The lowest BCUT2D eigenvalue weighted by molar-refractivity contribution is -0.384. The largest absolute Gasteiger partial charge is 0.510 e. The van der Waals surface area contributed by atoms with Crippen molar-refractivity contribution in [2.75, 3.05) is 5.32 Å². The number of hydrogen-bond acceptors (Lipinski definition) is 7. The lowest BCUT2D eigenvalue weighted by Gasteiger charge is -2.05. The molecule has 0 saturated carbocycles. The number of nitro groups is 1. The standard InChI is InChI=1S/C16H14N4O5/c1-10(21)15(16(23)17-11-5-3-2-4-6-11)19-18-13-8-7-12(20(24)25)9-14(13)22/h2-9,21-22H,1H3,(H,17,23). The van der Waals surface area contributed by atoms with E-state index in [1.165, 1.54) is 13.0 Å². The molecule has 1 amide bonds. The number of amides is 1. The molecule has 25 heavy (non-hydrogen) atoms. The summed E-state index contributed by atoms with van der Waals surface area (Å²) in [6, 6.07) is 11.8. The van der Waals surface area contributed by atoms with Gasteiger partial charge in [-0.15, -0.1) is 10.2 Å². The Morgan fingerprint density at radius 3 is 2.44 bits per heavy atom. The van der Waals surface area contributed by atoms with Crippen molar-refractivity contribution in [1.29, 1.82) is 0 Å². The van der Waals surface area contributed by atoms with Crippen molar-refractivity contribution in [3.63, 3.8) is 0 Å². The number of non-ortho nitro benzene ring substituents is 1. The van der Waals surface area contributed by atoms with Gasteiger partial charge in [-0.3, -0.25) is 14.9 Å². The zero-order chi connectivity index (χ0) is 18.4. The zero-order valence-electron chi connectivity index (χ0n) is 13.1. The van der Waals surface area contributed by atoms with Crippen LogP contribution in [-0.4, -0.2) is 21.0 Å². The van der Waals surface area contributed by atoms with Crippen LogP contribution in [0.4, 0.5) is 17.1 Å². The number of phenols is 1. The minimum Gasteiger partial charge on any atom is -0.510 e. The number of para-hydroxylation sites is 1. The number of allylic oxidation sites excluding steroid dienone is 1. The minimum atomic E-state index is -0.698. The number of anilines is 1. The first-order chi connectivity index (χ1) is 11.9. The SMILES string of the molecule is CC(O)=C(N=Nc1ccc([N+](=O)[O-])cc1O)C(=O)Nc1ccccc1. The Morgan fingerprint density at radius 1 is 1.20 bits per heavy atom. The molecule has 3 N–H and O–H groups in total. The van der Waals surface area contributed by atoms with Gasteiger partial charge in [-0.1, -0.05) is 18.2 Å². The summed E-state index contributed by atoms with van der Waals surface area (Å²) in [6.07, 6.45) is 0. The molecular weight excluding hydrogens is 328 g/mol. The first kappa shape index (κ1) is 17.6. The third-order valence-corrected chi connectivity index (χ3v) is 3.02. The Bertz CT molecular complexity index is 858. The predicted octanol–water partition coefficient (Wildman–Crippen LogP) is 3.81. The highest BCUT2D eigenvalue weighted by Gasteiger charge is 2.14. The lowest BCUT2D eigenvalue weighted by Crippen LogP contribution is -2.14. The molecular formula is C16H14N4O5. The first-order valence-corrected chi connectivity index (χ1v) is 7.04. The van der Waals surface area contributed by atoms with Gasteiger partial charge in [0.2, 0.25) is 0 Å². The summed E-state index contributed by atoms with van der Waals surface area (Å²) < 4.78 is 0. The second kappa shape index (κ2) is 7.68. The molecule has 0 spiro atoms. The Hall–Kier alpha value is -3.75. The minimum absolute atomic E-state index is 0.0862. The molecule has 0 fully saturated rings. The van der Waals surface area contributed by atoms with Gasteiger partial charge in [-0.05, 0) is 25.1 Å². The molecule has 0 aliphatic carbocycles. The maximum Gasteiger partial charge on any atom is 0.279 e. The fraction of sp³-hybridized carbons (Fsp3) is 0.0625. The molecule has 0 atom stereocenters. The number of carbonyl (C=O) groups excluding carboxylic acids is 1. The normalized spacial score (nSPS) is 11.9. The number of rotatable bonds is 5. The van der Waals surface area contributed by atoms with Gasteiger partial charge in [0, 0.05) is 11.8 Å². The second-order valence-electron chi connectivity index (χ2n) is 4.88. The fourth-order valence-electron chi connectivity index (χ4n) is 1.81. The van der Waals surface area contributed by atoms with Gasteiger partial charge in [0.25, 0.3) is 11.6 Å². The van der Waals surface area contributed by atoms with Crippen LogP contribution in [0.3, 0.4) is 0 Å². The zero-order valence-corrected chi connectivity index (χ0v) is 13.1. The van der Waals surface area contributed by atoms with E-state index >= 15 is 0 Å². The highest BCUT2D eigenvalue weighted by molar-refractivity contribution is 6.03. The molecule has 0 aromatic heterocycles. The van der Waals surface area contributed by atoms with Crippen molar-refractivity contribution < 1.29 is 19.9 Å². The summed E-state index contributed by atoms with van der Waals surface area (Å²) in [5.74, 6) is -1.55. The maximum atomic E-state index is 12.2. The van der Waals surface area contributed by atoms with Gasteiger partial charge in [0.1, 0.15) is 17.2 Å². The molecule has 2 aromatic rings. The molecule has 0 bridgehead atoms. The number of nitrogens with one attached hydrogen (secondary N) is 1. The van der Waals surface area contributed by atoms with Crippen LogP contribution in [0.15, 0.2) is 70.2 Å². The van der Waals surface area contributed by atoms with Gasteiger partial charge in [0.15, 0.2) is 5.70 Å². The van der Waals surface area contributed by atoms with Crippen molar-refractivity contribution in [3.8, 4) is 5.75 Å². The van der Waals surface area contributed by atoms with Gasteiger partial charge in [0.05, 0.1) is 11.0 Å². The van der Waals surface area contributed by atoms with E-state index in [4.69, 9.17) is 0 Å². The first-order valence-electron chi connectivity index (χ1n) is 7.04. The summed E-state index contributed by atoms with van der Waals surface area (Å²) in [5, 5.41) is 39.8. The van der Waals surface area contributed by atoms with Gasteiger partial charge >= 0.3 is 0 Å². The number of aliphatic hydroxyl groups excluding tert-OH is 1. The van der Waals surface area contributed by atoms with Crippen molar-refractivity contribution in [2.45, 2.75) is 6.92 Å². The van der Waals surface area contributed by atoms with Crippen LogP contribution in [0.2, 0.25) is 0 Å². The van der Waals surface area contributed by atoms with Crippen LogP contribution in [-0.2, 0) is 4.79 Å². The third-order valence-electron chi connectivity index (χ3n) is 3.02. The Labute approximate surface area is 142 Å². The number of hydrogen-bond donors (Lipinski definition) is 3. The quantitative estimate of drug-likeness (QED) is 0.249. The van der Waals surface area contributed by atoms with E-state index in [1.807, 2.05) is 0 Å².